The first-order chi connectivity index (χ1) is 18.0. The summed E-state index contributed by atoms with van der Waals surface area (Å²) in [6.07, 6.45) is 0.457. The molecule has 38 heavy (non-hydrogen) atoms. The molecule has 0 spiro atoms. The first-order valence-electron chi connectivity index (χ1n) is 11.9. The highest BCUT2D eigenvalue weighted by Gasteiger charge is 2.27. The van der Waals surface area contributed by atoms with E-state index in [0.29, 0.717) is 23.7 Å². The van der Waals surface area contributed by atoms with Gasteiger partial charge in [0.15, 0.2) is 11.4 Å². The van der Waals surface area contributed by atoms with Gasteiger partial charge in [-0.1, -0.05) is 43.3 Å². The molecule has 11 heteroatoms. The molecule has 4 rings (SSSR count). The highest BCUT2D eigenvalue weighted by Crippen LogP contribution is 2.48. The molecule has 0 atom stereocenters. The number of hydrogen-bond acceptors (Lipinski definition) is 8. The molecule has 0 bridgehead atoms. The molecule has 2 aromatic carbocycles. The van der Waals surface area contributed by atoms with Gasteiger partial charge in [0.05, 0.1) is 17.9 Å². The van der Waals surface area contributed by atoms with Gasteiger partial charge in [-0.15, -0.1) is 0 Å². The number of para-hydroxylation sites is 1. The third-order valence-corrected chi connectivity index (χ3v) is 7.84. The number of aromatic nitrogens is 1. The summed E-state index contributed by atoms with van der Waals surface area (Å²) in [4.78, 5) is 4.32. The summed E-state index contributed by atoms with van der Waals surface area (Å²) in [6.45, 7) is 3.81. The molecule has 0 aliphatic heterocycles. The number of aliphatic imine (C=N–C) groups is 1. The predicted molar refractivity (Wildman–Crippen MR) is 146 cm³/mol. The van der Waals surface area contributed by atoms with E-state index in [0.717, 1.165) is 9.87 Å². The van der Waals surface area contributed by atoms with Gasteiger partial charge in [0, 0.05) is 14.1 Å². The van der Waals surface area contributed by atoms with Gasteiger partial charge in [0.25, 0.3) is 0 Å². The van der Waals surface area contributed by atoms with Crippen molar-refractivity contribution in [3.8, 4) is 17.5 Å². The lowest BCUT2D eigenvalue weighted by atomic mass is 10.2. The Hall–Kier alpha value is -4.22. The molecule has 10 nitrogen and oxygen atoms in total. The van der Waals surface area contributed by atoms with E-state index in [1.165, 1.54) is 36.9 Å². The van der Waals surface area contributed by atoms with Crippen LogP contribution >= 0.6 is 0 Å². The molecule has 4 N–H and O–H groups in total. The molecule has 0 radical (unpaired) electrons. The average molecular weight is 539 g/mol. The number of nitrogens with one attached hydrogen (secondary N) is 1. The Bertz CT molecular complexity index is 1590. The fourth-order valence-corrected chi connectivity index (χ4v) is 4.91. The Morgan fingerprint density at radius 3 is 2.32 bits per heavy atom. The number of benzene rings is 2. The van der Waals surface area contributed by atoms with Gasteiger partial charge in [-0.3, -0.25) is 4.57 Å². The number of rotatable bonds is 9. The van der Waals surface area contributed by atoms with E-state index in [2.05, 4.69) is 10.3 Å². The van der Waals surface area contributed by atoms with Crippen LogP contribution in [0.2, 0.25) is 0 Å². The van der Waals surface area contributed by atoms with E-state index in [9.17, 15) is 23.7 Å². The summed E-state index contributed by atoms with van der Waals surface area (Å²) in [7, 11) is -1.24. The molecule has 2 heterocycles. The Labute approximate surface area is 221 Å². The Kier molecular flexibility index (Phi) is 7.51. The number of furan rings is 1. The zero-order chi connectivity index (χ0) is 27.6. The SMILES string of the molecule is CCC(=Nc1c(Nc2cccc(S(=O)(=O)N(C)C)c2O)c(O)n(Cc2ccccc2)c1O)c1ccc(C)o1. The van der Waals surface area contributed by atoms with Crippen molar-refractivity contribution in [2.45, 2.75) is 31.7 Å². The van der Waals surface area contributed by atoms with E-state index in [-0.39, 0.29) is 40.3 Å². The second kappa shape index (κ2) is 10.6. The number of aromatic hydroxyl groups is 3. The van der Waals surface area contributed by atoms with Gasteiger partial charge in [-0.25, -0.2) is 17.7 Å². The second-order valence-electron chi connectivity index (χ2n) is 8.83. The first-order valence-corrected chi connectivity index (χ1v) is 13.3. The molecular weight excluding hydrogens is 508 g/mol. The lowest BCUT2D eigenvalue weighted by Crippen LogP contribution is -2.22. The van der Waals surface area contributed by atoms with Crippen LogP contribution < -0.4 is 5.32 Å². The summed E-state index contributed by atoms with van der Waals surface area (Å²) in [5.41, 5.74) is 1.33. The van der Waals surface area contributed by atoms with Crippen LogP contribution in [0, 0.1) is 6.92 Å². The van der Waals surface area contributed by atoms with E-state index in [4.69, 9.17) is 4.42 Å². The van der Waals surface area contributed by atoms with Crippen molar-refractivity contribution in [1.82, 2.24) is 8.87 Å². The molecule has 0 saturated heterocycles. The standard InChI is InChI=1S/C27H30N4O6S/c1-5-19(21-15-14-17(2)37-21)28-23-24(27(34)31(26(23)33)16-18-10-7-6-8-11-18)29-20-12-9-13-22(25(20)32)38(35,36)30(3)4/h6-15,29,32-34H,5,16H2,1-4H3. The zero-order valence-electron chi connectivity index (χ0n) is 21.5. The van der Waals surface area contributed by atoms with Crippen molar-refractivity contribution in [1.29, 1.82) is 0 Å². The molecule has 0 unspecified atom stereocenters. The summed E-state index contributed by atoms with van der Waals surface area (Å²) in [5, 5.41) is 36.2. The average Bonchev–Trinajstić information content (AvgIpc) is 3.41. The summed E-state index contributed by atoms with van der Waals surface area (Å²) in [5.74, 6) is -0.0103. The molecule has 2 aromatic heterocycles. The van der Waals surface area contributed by atoms with E-state index >= 15 is 0 Å². The van der Waals surface area contributed by atoms with Crippen LogP contribution in [0.5, 0.6) is 17.5 Å². The summed E-state index contributed by atoms with van der Waals surface area (Å²) in [6, 6.07) is 17.0. The quantitative estimate of drug-likeness (QED) is 0.172. The molecule has 0 amide bonds. The largest absolute Gasteiger partial charge is 0.504 e. The maximum absolute atomic E-state index is 12.7. The van der Waals surface area contributed by atoms with Crippen molar-refractivity contribution in [2.75, 3.05) is 19.4 Å². The smallest absolute Gasteiger partial charge is 0.246 e. The number of phenolic OH excluding ortho intramolecular Hbond substituents is 1. The minimum absolute atomic E-state index is 0.00317. The maximum Gasteiger partial charge on any atom is 0.246 e. The van der Waals surface area contributed by atoms with E-state index < -0.39 is 15.8 Å². The highest BCUT2D eigenvalue weighted by atomic mass is 32.2. The third kappa shape index (κ3) is 5.11. The number of aryl methyl sites for hydroxylation is 1. The molecular formula is C27H30N4O6S. The topological polar surface area (TPSA) is 141 Å². The number of phenols is 1. The van der Waals surface area contributed by atoms with Crippen molar-refractivity contribution in [3.63, 3.8) is 0 Å². The second-order valence-corrected chi connectivity index (χ2v) is 10.9. The first kappa shape index (κ1) is 26.8. The predicted octanol–water partition coefficient (Wildman–Crippen LogP) is 5.08. The molecule has 4 aromatic rings. The van der Waals surface area contributed by atoms with Crippen LogP contribution in [-0.2, 0) is 16.6 Å². The monoisotopic (exact) mass is 538 g/mol. The zero-order valence-corrected chi connectivity index (χ0v) is 22.3. The van der Waals surface area contributed by atoms with Crippen molar-refractivity contribution in [2.24, 2.45) is 4.99 Å². The Balaban J connectivity index is 1.88. The Morgan fingerprint density at radius 2 is 1.71 bits per heavy atom. The minimum atomic E-state index is -3.96. The van der Waals surface area contributed by atoms with E-state index in [1.54, 1.807) is 19.1 Å². The number of nitrogens with zero attached hydrogens (tertiary/aromatic N) is 3. The highest BCUT2D eigenvalue weighted by molar-refractivity contribution is 7.89. The molecule has 0 aliphatic carbocycles. The number of hydrogen-bond donors (Lipinski definition) is 4. The molecule has 200 valence electrons. The summed E-state index contributed by atoms with van der Waals surface area (Å²) >= 11 is 0. The number of sulfonamides is 1. The van der Waals surface area contributed by atoms with Crippen LogP contribution in [-0.4, -0.2) is 52.4 Å². The van der Waals surface area contributed by atoms with Crippen LogP contribution in [0.4, 0.5) is 17.1 Å². The minimum Gasteiger partial charge on any atom is -0.504 e. The Morgan fingerprint density at radius 1 is 1.00 bits per heavy atom. The van der Waals surface area contributed by atoms with Gasteiger partial charge in [0.1, 0.15) is 22.1 Å². The van der Waals surface area contributed by atoms with Crippen LogP contribution in [0.3, 0.4) is 0 Å². The third-order valence-electron chi connectivity index (χ3n) is 5.99. The van der Waals surface area contributed by atoms with Gasteiger partial charge in [-0.2, -0.15) is 0 Å². The fourth-order valence-electron chi connectivity index (χ4n) is 3.91. The lowest BCUT2D eigenvalue weighted by Gasteiger charge is -2.15. The summed E-state index contributed by atoms with van der Waals surface area (Å²) < 4.78 is 33.4. The van der Waals surface area contributed by atoms with Crippen molar-refractivity contribution in [3.05, 3.63) is 77.7 Å². The lowest BCUT2D eigenvalue weighted by molar-refractivity contribution is 0.379. The fraction of sp³-hybridized carbons (Fsp3) is 0.222. The molecule has 0 fully saturated rings. The van der Waals surface area contributed by atoms with E-state index in [1.807, 2.05) is 37.3 Å². The van der Waals surface area contributed by atoms with Crippen molar-refractivity contribution < 1.29 is 28.2 Å². The van der Waals surface area contributed by atoms with Gasteiger partial charge in [-0.05, 0) is 43.2 Å². The van der Waals surface area contributed by atoms with Gasteiger partial charge < -0.3 is 25.1 Å². The van der Waals surface area contributed by atoms with Crippen LogP contribution in [0.1, 0.15) is 30.4 Å². The molecule has 0 aliphatic rings. The van der Waals surface area contributed by atoms with Crippen molar-refractivity contribution >= 4 is 32.8 Å². The normalized spacial score (nSPS) is 12.3. The van der Waals surface area contributed by atoms with Crippen LogP contribution in [0.15, 0.2) is 75.0 Å². The van der Waals surface area contributed by atoms with Crippen LogP contribution in [0.25, 0.3) is 0 Å². The van der Waals surface area contributed by atoms with Gasteiger partial charge in [0.2, 0.25) is 21.8 Å². The molecule has 0 saturated carbocycles. The van der Waals surface area contributed by atoms with Gasteiger partial charge >= 0.3 is 0 Å². The number of anilines is 2. The maximum atomic E-state index is 12.7.